The van der Waals surface area contributed by atoms with Gasteiger partial charge in [0.25, 0.3) is 5.56 Å². The first-order valence-electron chi connectivity index (χ1n) is 5.86. The van der Waals surface area contributed by atoms with Crippen molar-refractivity contribution in [3.05, 3.63) is 33.1 Å². The molecule has 9 heteroatoms. The number of carbonyl (C=O) groups is 1. The van der Waals surface area contributed by atoms with E-state index in [0.717, 1.165) is 16.8 Å². The van der Waals surface area contributed by atoms with Crippen molar-refractivity contribution in [2.75, 3.05) is 6.61 Å². The number of esters is 1. The Morgan fingerprint density at radius 1 is 1.45 bits per heavy atom. The third-order valence-corrected chi connectivity index (χ3v) is 2.91. The Morgan fingerprint density at radius 2 is 2.15 bits per heavy atom. The van der Waals surface area contributed by atoms with Crippen molar-refractivity contribution in [2.45, 2.75) is 31.5 Å². The predicted molar refractivity (Wildman–Crippen MR) is 63.9 cm³/mol. The largest absolute Gasteiger partial charge is 0.463 e. The molecule has 3 N–H and O–H groups in total. The first kappa shape index (κ1) is 14.4. The zero-order valence-electron chi connectivity index (χ0n) is 10.6. The highest BCUT2D eigenvalue weighted by atomic mass is 16.6. The van der Waals surface area contributed by atoms with Crippen molar-refractivity contribution < 1.29 is 24.5 Å². The van der Waals surface area contributed by atoms with Crippen LogP contribution in [0.15, 0.2) is 21.9 Å². The van der Waals surface area contributed by atoms with Gasteiger partial charge in [0.15, 0.2) is 6.23 Å². The maximum absolute atomic E-state index is 11.6. The minimum Gasteiger partial charge on any atom is -0.463 e. The fourth-order valence-electron chi connectivity index (χ4n) is 1.92. The Labute approximate surface area is 112 Å². The van der Waals surface area contributed by atoms with Crippen LogP contribution in [0.1, 0.15) is 13.2 Å². The van der Waals surface area contributed by atoms with E-state index < -0.39 is 41.8 Å². The summed E-state index contributed by atoms with van der Waals surface area (Å²) in [5.41, 5.74) is -1.36. The zero-order valence-corrected chi connectivity index (χ0v) is 10.6. The number of aromatic amines is 1. The van der Waals surface area contributed by atoms with Gasteiger partial charge in [-0.15, -0.1) is 0 Å². The molecule has 1 saturated heterocycles. The van der Waals surface area contributed by atoms with Gasteiger partial charge < -0.3 is 19.7 Å². The summed E-state index contributed by atoms with van der Waals surface area (Å²) in [6.07, 6.45) is -3.69. The number of nitrogens with zero attached hydrogens (tertiary/aromatic N) is 1. The predicted octanol–water partition coefficient (Wildman–Crippen LogP) is -2.28. The van der Waals surface area contributed by atoms with Crippen LogP contribution in [0.3, 0.4) is 0 Å². The monoisotopic (exact) mass is 286 g/mol. The first-order valence-corrected chi connectivity index (χ1v) is 5.86. The van der Waals surface area contributed by atoms with E-state index in [4.69, 9.17) is 9.47 Å². The molecule has 1 fully saturated rings. The summed E-state index contributed by atoms with van der Waals surface area (Å²) in [6.45, 7) is 0.948. The molecule has 0 saturated carbocycles. The quantitative estimate of drug-likeness (QED) is 0.533. The molecule has 0 unspecified atom stereocenters. The summed E-state index contributed by atoms with van der Waals surface area (Å²) >= 11 is 0. The van der Waals surface area contributed by atoms with E-state index in [0.29, 0.717) is 0 Å². The molecule has 0 radical (unpaired) electrons. The highest BCUT2D eigenvalue weighted by Gasteiger charge is 2.44. The van der Waals surface area contributed by atoms with Crippen LogP contribution in [0, 0.1) is 0 Å². The summed E-state index contributed by atoms with van der Waals surface area (Å²) in [6, 6.07) is 1.09. The molecule has 110 valence electrons. The molecule has 0 amide bonds. The number of hydrogen-bond acceptors (Lipinski definition) is 7. The molecule has 9 nitrogen and oxygen atoms in total. The molecule has 2 rings (SSSR count). The third-order valence-electron chi connectivity index (χ3n) is 2.91. The molecule has 0 aromatic carbocycles. The van der Waals surface area contributed by atoms with Gasteiger partial charge in [-0.25, -0.2) is 4.79 Å². The van der Waals surface area contributed by atoms with Crippen molar-refractivity contribution in [1.29, 1.82) is 0 Å². The number of rotatable bonds is 3. The van der Waals surface area contributed by atoms with E-state index in [9.17, 15) is 24.6 Å². The lowest BCUT2D eigenvalue weighted by atomic mass is 10.1. The number of aliphatic hydroxyl groups is 2. The average molecular weight is 286 g/mol. The molecule has 1 aromatic rings. The first-order chi connectivity index (χ1) is 9.40. The molecular weight excluding hydrogens is 272 g/mol. The minimum atomic E-state index is -1.39. The van der Waals surface area contributed by atoms with E-state index in [1.165, 1.54) is 6.92 Å². The van der Waals surface area contributed by atoms with Gasteiger partial charge in [-0.3, -0.25) is 19.1 Å². The van der Waals surface area contributed by atoms with Gasteiger partial charge in [0, 0.05) is 19.2 Å². The summed E-state index contributed by atoms with van der Waals surface area (Å²) < 4.78 is 11.0. The van der Waals surface area contributed by atoms with E-state index in [1.54, 1.807) is 0 Å². The zero-order chi connectivity index (χ0) is 14.9. The second kappa shape index (κ2) is 5.57. The summed E-state index contributed by atoms with van der Waals surface area (Å²) in [7, 11) is 0. The van der Waals surface area contributed by atoms with Gasteiger partial charge in [0.05, 0.1) is 0 Å². The van der Waals surface area contributed by atoms with Crippen LogP contribution in [0.5, 0.6) is 0 Å². The Bertz CT molecular complexity index is 607. The van der Waals surface area contributed by atoms with Crippen LogP contribution in [-0.2, 0) is 14.3 Å². The number of aromatic nitrogens is 2. The summed E-state index contributed by atoms with van der Waals surface area (Å²) in [5, 5.41) is 19.7. The van der Waals surface area contributed by atoms with Crippen molar-refractivity contribution in [2.24, 2.45) is 0 Å². The highest BCUT2D eigenvalue weighted by Crippen LogP contribution is 2.28. The van der Waals surface area contributed by atoms with Crippen molar-refractivity contribution in [3.63, 3.8) is 0 Å². The molecule has 4 atom stereocenters. The standard InChI is InChI=1S/C11H14N2O7/c1-5(14)19-4-6-8(16)9(17)10(20-6)13-3-2-7(15)12-11(13)18/h2-3,6,8-10,16-17H,4H2,1H3,(H,12,15,18)/t6-,8-,9+,10-/m0/s1. The molecule has 1 aliphatic rings. The third kappa shape index (κ3) is 2.79. The van der Waals surface area contributed by atoms with E-state index >= 15 is 0 Å². The van der Waals surface area contributed by atoms with E-state index in [-0.39, 0.29) is 6.61 Å². The van der Waals surface area contributed by atoms with E-state index in [2.05, 4.69) is 0 Å². The van der Waals surface area contributed by atoms with E-state index in [1.807, 2.05) is 4.98 Å². The van der Waals surface area contributed by atoms with Crippen LogP contribution < -0.4 is 11.2 Å². The van der Waals surface area contributed by atoms with Gasteiger partial charge in [0.2, 0.25) is 0 Å². The lowest BCUT2D eigenvalue weighted by Crippen LogP contribution is -2.37. The van der Waals surface area contributed by atoms with Crippen LogP contribution in [0.2, 0.25) is 0 Å². The normalized spacial score (nSPS) is 29.4. The second-order valence-electron chi connectivity index (χ2n) is 4.37. The molecule has 0 bridgehead atoms. The average Bonchev–Trinajstić information content (AvgIpc) is 2.64. The van der Waals surface area contributed by atoms with Gasteiger partial charge in [-0.05, 0) is 0 Å². The van der Waals surface area contributed by atoms with Crippen LogP contribution in [0.25, 0.3) is 0 Å². The molecule has 1 aliphatic heterocycles. The summed E-state index contributed by atoms with van der Waals surface area (Å²) in [4.78, 5) is 35.3. The number of nitrogens with one attached hydrogen (secondary N) is 1. The lowest BCUT2D eigenvalue weighted by Gasteiger charge is -2.16. The number of H-pyrrole nitrogens is 1. The minimum absolute atomic E-state index is 0.248. The smallest absolute Gasteiger partial charge is 0.330 e. The van der Waals surface area contributed by atoms with Gasteiger partial charge >= 0.3 is 11.7 Å². The molecule has 0 aliphatic carbocycles. The maximum atomic E-state index is 11.6. The fraction of sp³-hybridized carbons (Fsp3) is 0.545. The van der Waals surface area contributed by atoms with Gasteiger partial charge in [0.1, 0.15) is 24.9 Å². The Morgan fingerprint density at radius 3 is 2.75 bits per heavy atom. The lowest BCUT2D eigenvalue weighted by molar-refractivity contribution is -0.147. The SMILES string of the molecule is CC(=O)OC[C@@H]1O[C@H](n2ccc(=O)[nH]c2=O)[C@H](O)[C@H]1O. The topological polar surface area (TPSA) is 131 Å². The fourth-order valence-corrected chi connectivity index (χ4v) is 1.92. The number of aliphatic hydroxyl groups excluding tert-OH is 2. The highest BCUT2D eigenvalue weighted by molar-refractivity contribution is 5.65. The Balaban J connectivity index is 2.19. The number of hydrogen-bond donors (Lipinski definition) is 3. The molecule has 20 heavy (non-hydrogen) atoms. The molecule has 0 spiro atoms. The summed E-state index contributed by atoms with van der Waals surface area (Å²) in [5.74, 6) is -0.556. The van der Waals surface area contributed by atoms with Crippen LogP contribution >= 0.6 is 0 Å². The van der Waals surface area contributed by atoms with Crippen molar-refractivity contribution in [3.8, 4) is 0 Å². The van der Waals surface area contributed by atoms with Crippen molar-refractivity contribution in [1.82, 2.24) is 9.55 Å². The van der Waals surface area contributed by atoms with Gasteiger partial charge in [-0.1, -0.05) is 0 Å². The Kier molecular flexibility index (Phi) is 4.02. The molecule has 1 aromatic heterocycles. The second-order valence-corrected chi connectivity index (χ2v) is 4.37. The molecule has 2 heterocycles. The number of carbonyl (C=O) groups excluding carboxylic acids is 1. The van der Waals surface area contributed by atoms with Crippen LogP contribution in [0.4, 0.5) is 0 Å². The van der Waals surface area contributed by atoms with Crippen molar-refractivity contribution >= 4 is 5.97 Å². The van der Waals surface area contributed by atoms with Gasteiger partial charge in [-0.2, -0.15) is 0 Å². The molecular formula is C11H14N2O7. The Hall–Kier alpha value is -1.97. The van der Waals surface area contributed by atoms with Crippen LogP contribution in [-0.4, -0.2) is 50.7 Å². The number of ether oxygens (including phenoxy) is 2. The maximum Gasteiger partial charge on any atom is 0.330 e.